The third kappa shape index (κ3) is 2.84. The van der Waals surface area contributed by atoms with E-state index in [1.54, 1.807) is 24.2 Å². The van der Waals surface area contributed by atoms with Crippen molar-refractivity contribution in [1.82, 2.24) is 19.9 Å². The van der Waals surface area contributed by atoms with Crippen LogP contribution in [-0.4, -0.2) is 58.5 Å². The number of likely N-dealkylation sites (N-methyl/N-ethyl adjacent to an activating group) is 1. The zero-order valence-corrected chi connectivity index (χ0v) is 12.8. The first kappa shape index (κ1) is 11.0. The molecule has 0 aromatic carbocycles. The molecule has 0 unspecified atom stereocenters. The van der Waals surface area contributed by atoms with Crippen LogP contribution in [0.25, 0.3) is 15.9 Å². The summed E-state index contributed by atoms with van der Waals surface area (Å²) in [6.45, 7) is 4.25. The van der Waals surface area contributed by atoms with E-state index >= 15 is 0 Å². The largest absolute Gasteiger partial charge is 0.354 e. The van der Waals surface area contributed by atoms with Gasteiger partial charge in [0.1, 0.15) is 17.8 Å². The lowest BCUT2D eigenvalue weighted by Gasteiger charge is -2.41. The normalized spacial score (nSPS) is 27.5. The number of nitrogens with one attached hydrogen (secondary N) is 1. The van der Waals surface area contributed by atoms with Crippen LogP contribution in [0.1, 0.15) is 18.8 Å². The third-order valence-corrected chi connectivity index (χ3v) is 4.15. The lowest BCUT2D eigenvalue weighted by molar-refractivity contribution is -0.130. The molecular weight excluding hydrogens is 292 g/mol. The Balaban J connectivity index is 2.01. The van der Waals surface area contributed by atoms with Crippen LogP contribution in [0.15, 0.2) is 18.6 Å². The molecule has 1 aliphatic rings. The van der Waals surface area contributed by atoms with Crippen LogP contribution in [0, 0.1) is 12.5 Å². The molecule has 3 rings (SSSR count). The maximum atomic E-state index is 12.2. The van der Waals surface area contributed by atoms with Gasteiger partial charge in [-0.3, -0.25) is 4.79 Å². The summed E-state index contributed by atoms with van der Waals surface area (Å²) in [6.07, 6.45) is 3.07. The first-order chi connectivity index (χ1) is 12.7. The van der Waals surface area contributed by atoms with Gasteiger partial charge in [-0.1, -0.05) is 6.85 Å². The summed E-state index contributed by atoms with van der Waals surface area (Å²) in [7, 11) is 1.68. The second-order valence-electron chi connectivity index (χ2n) is 5.50. The van der Waals surface area contributed by atoms with E-state index in [9.17, 15) is 4.79 Å². The number of rotatable bonds is 3. The van der Waals surface area contributed by atoms with Crippen LogP contribution in [-0.2, 0) is 4.79 Å². The second kappa shape index (κ2) is 6.24. The highest BCUT2D eigenvalue weighted by Gasteiger charge is 2.33. The maximum Gasteiger partial charge on any atom is 0.302 e. The average molecular weight is 316 g/mol. The number of carbonyl (C=O) groups excluding carboxylic acids is 1. The van der Waals surface area contributed by atoms with E-state index in [1.807, 2.05) is 0 Å². The number of fused-ring (bicyclic) bond motifs is 1. The minimum Gasteiger partial charge on any atom is -0.354 e. The van der Waals surface area contributed by atoms with Crippen LogP contribution >= 0.6 is 0 Å². The van der Waals surface area contributed by atoms with E-state index in [0.29, 0.717) is 16.9 Å². The van der Waals surface area contributed by atoms with Gasteiger partial charge >= 0.3 is 5.91 Å². The molecule has 0 radical (unpaired) electrons. The highest BCUT2D eigenvalue weighted by atomic mass is 16.2. The molecule has 7 heteroatoms. The van der Waals surface area contributed by atoms with Crippen molar-refractivity contribution in [3.63, 3.8) is 0 Å². The fourth-order valence-electron chi connectivity index (χ4n) is 2.87. The second-order valence-corrected chi connectivity index (χ2v) is 5.50. The van der Waals surface area contributed by atoms with E-state index in [-0.39, 0.29) is 32.0 Å². The molecule has 0 bridgehead atoms. The Morgan fingerprint density at radius 1 is 1.70 bits per heavy atom. The minimum absolute atomic E-state index is 0.0103. The Labute approximate surface area is 140 Å². The molecule has 1 aliphatic heterocycles. The monoisotopic (exact) mass is 316 g/mol. The van der Waals surface area contributed by atoms with Crippen molar-refractivity contribution in [1.29, 1.82) is 0 Å². The van der Waals surface area contributed by atoms with Crippen molar-refractivity contribution in [3.05, 3.63) is 30.0 Å². The molecule has 1 amide bonds. The third-order valence-electron chi connectivity index (χ3n) is 4.15. The summed E-state index contributed by atoms with van der Waals surface area (Å²) in [6, 6.07) is 0.966. The Morgan fingerprint density at radius 3 is 3.35 bits per heavy atom. The topological polar surface area (TPSA) is 69.5 Å². The van der Waals surface area contributed by atoms with Crippen molar-refractivity contribution in [2.75, 3.05) is 31.6 Å². The van der Waals surface area contributed by atoms with Gasteiger partial charge in [-0.05, 0) is 18.4 Å². The molecule has 0 spiro atoms. The quantitative estimate of drug-likeness (QED) is 0.872. The number of carbonyl (C=O) groups is 1. The van der Waals surface area contributed by atoms with E-state index in [0.717, 1.165) is 0 Å². The molecule has 2 aromatic heterocycles. The molecule has 0 aliphatic carbocycles. The van der Waals surface area contributed by atoms with Crippen LogP contribution in [0.5, 0.6) is 0 Å². The summed E-state index contributed by atoms with van der Waals surface area (Å²) < 4.78 is 32.5. The molecule has 1 saturated heterocycles. The van der Waals surface area contributed by atoms with Gasteiger partial charge < -0.3 is 19.6 Å². The number of anilines is 1. The van der Waals surface area contributed by atoms with Crippen LogP contribution in [0.3, 0.4) is 0 Å². The highest BCUT2D eigenvalue weighted by molar-refractivity contribution is 5.87. The first-order valence-electron chi connectivity index (χ1n) is 9.31. The number of hydrogen-bond donors (Lipinski definition) is 1. The highest BCUT2D eigenvalue weighted by Crippen LogP contribution is 2.28. The number of aromatic nitrogens is 3. The fourth-order valence-corrected chi connectivity index (χ4v) is 2.87. The van der Waals surface area contributed by atoms with Gasteiger partial charge in [-0.25, -0.2) is 16.5 Å². The zero-order chi connectivity index (χ0) is 19.8. The lowest BCUT2D eigenvalue weighted by atomic mass is 9.92. The van der Waals surface area contributed by atoms with Crippen molar-refractivity contribution < 1.29 is 10.3 Å². The molecule has 3 heterocycles. The van der Waals surface area contributed by atoms with Gasteiger partial charge in [0.25, 0.3) is 6.54 Å². The molecule has 2 aromatic rings. The predicted molar refractivity (Wildman–Crippen MR) is 87.9 cm³/mol. The number of piperidine rings is 1. The van der Waals surface area contributed by atoms with Crippen LogP contribution in [0.4, 0.5) is 5.82 Å². The maximum absolute atomic E-state index is 12.2. The number of nitrogens with zero attached hydrogens (tertiary/aromatic N) is 5. The smallest absolute Gasteiger partial charge is 0.302 e. The van der Waals surface area contributed by atoms with Gasteiger partial charge in [0.15, 0.2) is 0 Å². The predicted octanol–water partition coefficient (Wildman–Crippen LogP) is 1.55. The van der Waals surface area contributed by atoms with Gasteiger partial charge in [0.05, 0.1) is 11.4 Å². The van der Waals surface area contributed by atoms with Gasteiger partial charge in [0, 0.05) is 31.8 Å². The van der Waals surface area contributed by atoms with Gasteiger partial charge in [0.2, 0.25) is 0 Å². The molecule has 1 N–H and O–H groups in total. The summed E-state index contributed by atoms with van der Waals surface area (Å²) in [5.41, 5.74) is 0.605. The Hall–Kier alpha value is -2.62. The minimum atomic E-state index is -2.54. The number of amides is 1. The molecular formula is C16H20N6O. The van der Waals surface area contributed by atoms with Crippen molar-refractivity contribution in [2.24, 2.45) is 5.89 Å². The van der Waals surface area contributed by atoms with Crippen molar-refractivity contribution in [2.45, 2.75) is 19.3 Å². The van der Waals surface area contributed by atoms with E-state index in [2.05, 4.69) is 19.8 Å². The summed E-state index contributed by atoms with van der Waals surface area (Å²) in [5.74, 6) is -1.64. The summed E-state index contributed by atoms with van der Waals surface area (Å²) in [4.78, 5) is 29.8. The zero-order valence-electron chi connectivity index (χ0n) is 16.8. The number of likely N-dealkylation sites (tertiary alicyclic amines) is 1. The Bertz CT molecular complexity index is 891. The number of aromatic amines is 1. The molecule has 120 valence electrons. The SMILES string of the molecule is [2H]C([2H])([2H])[C@]1([2H])CCN(C(=O)C[N+]#[C-])C[C@@H]1N(C)c1ncnc2[nH]ccc12. The Morgan fingerprint density at radius 2 is 2.57 bits per heavy atom. The number of hydrogen-bond acceptors (Lipinski definition) is 4. The van der Waals surface area contributed by atoms with Gasteiger partial charge in [-0.15, -0.1) is 0 Å². The van der Waals surface area contributed by atoms with Crippen molar-refractivity contribution in [3.8, 4) is 0 Å². The molecule has 0 saturated carbocycles. The first-order valence-corrected chi connectivity index (χ1v) is 7.31. The lowest BCUT2D eigenvalue weighted by Crippen LogP contribution is -2.53. The molecule has 2 atom stereocenters. The molecule has 7 nitrogen and oxygen atoms in total. The van der Waals surface area contributed by atoms with Crippen LogP contribution in [0.2, 0.25) is 0 Å². The van der Waals surface area contributed by atoms with E-state index < -0.39 is 18.8 Å². The van der Waals surface area contributed by atoms with E-state index in [4.69, 9.17) is 12.1 Å². The summed E-state index contributed by atoms with van der Waals surface area (Å²) >= 11 is 0. The Kier molecular flexibility index (Phi) is 2.99. The van der Waals surface area contributed by atoms with Crippen molar-refractivity contribution >= 4 is 22.8 Å². The summed E-state index contributed by atoms with van der Waals surface area (Å²) in [5, 5.41) is 0.706. The van der Waals surface area contributed by atoms with E-state index in [1.165, 1.54) is 11.2 Å². The average Bonchev–Trinajstić information content (AvgIpc) is 3.09. The standard InChI is InChI=1S/C16H20N6O/c1-11-5-7-22(14(23)8-17-2)9-13(11)21(3)16-12-4-6-18-15(12)19-10-20-16/h4,6,10-11,13H,5,7-9H2,1,3H3,(H,18,19,20)/t11-,13+/m1/s1/i1D3,11D. The molecule has 23 heavy (non-hydrogen) atoms. The van der Waals surface area contributed by atoms with Gasteiger partial charge in [-0.2, -0.15) is 0 Å². The number of H-pyrrole nitrogens is 1. The fraction of sp³-hybridized carbons (Fsp3) is 0.500. The molecule has 1 fully saturated rings. The van der Waals surface area contributed by atoms with Crippen LogP contribution < -0.4 is 4.90 Å².